The maximum Gasteiger partial charge on any atom is 0.237 e. The summed E-state index contributed by atoms with van der Waals surface area (Å²) in [5.74, 6) is 1.93. The van der Waals surface area contributed by atoms with Gasteiger partial charge in [-0.3, -0.25) is 9.69 Å². The lowest BCUT2D eigenvalue weighted by atomic mass is 10.2. The van der Waals surface area contributed by atoms with E-state index in [2.05, 4.69) is 9.80 Å². The summed E-state index contributed by atoms with van der Waals surface area (Å²) in [6.07, 6.45) is 0. The summed E-state index contributed by atoms with van der Waals surface area (Å²) in [5, 5.41) is 10.0. The Bertz CT molecular complexity index is 865. The van der Waals surface area contributed by atoms with Gasteiger partial charge in [-0.1, -0.05) is 18.2 Å². The number of nitrogens with zero attached hydrogens (tertiary/aromatic N) is 3. The molecule has 2 aromatic rings. The summed E-state index contributed by atoms with van der Waals surface area (Å²) in [6.45, 7) is 7.05. The molecule has 0 spiro atoms. The van der Waals surface area contributed by atoms with Crippen LogP contribution in [-0.2, 0) is 11.3 Å². The van der Waals surface area contributed by atoms with E-state index in [0.29, 0.717) is 25.4 Å². The smallest absolute Gasteiger partial charge is 0.237 e. The van der Waals surface area contributed by atoms with Crippen LogP contribution in [0.5, 0.6) is 17.2 Å². The van der Waals surface area contributed by atoms with Crippen LogP contribution in [0.1, 0.15) is 12.5 Å². The first-order valence-electron chi connectivity index (χ1n) is 10.1. The number of benzene rings is 2. The first-order valence-corrected chi connectivity index (χ1v) is 10.1. The third-order valence-electron chi connectivity index (χ3n) is 5.50. The zero-order chi connectivity index (χ0) is 20.2. The molecule has 0 aromatic heterocycles. The fraction of sp³-hybridized carbons (Fsp3) is 0.409. The molecule has 7 nitrogen and oxygen atoms in total. The van der Waals surface area contributed by atoms with Gasteiger partial charge in [0.25, 0.3) is 0 Å². The highest BCUT2D eigenvalue weighted by molar-refractivity contribution is 5.78. The van der Waals surface area contributed by atoms with Gasteiger partial charge in [-0.15, -0.1) is 0 Å². The number of amides is 1. The lowest BCUT2D eigenvalue weighted by Gasteiger charge is -2.36. The molecule has 4 rings (SSSR count). The number of carbonyl (C=O) groups is 1. The molecule has 29 heavy (non-hydrogen) atoms. The van der Waals surface area contributed by atoms with E-state index >= 15 is 0 Å². The highest BCUT2D eigenvalue weighted by Gasteiger charge is 2.23. The number of anilines is 1. The fourth-order valence-corrected chi connectivity index (χ4v) is 3.81. The Balaban J connectivity index is 1.31. The maximum atomic E-state index is 12.9. The van der Waals surface area contributed by atoms with Crippen molar-refractivity contribution in [3.05, 3.63) is 48.0 Å². The Labute approximate surface area is 171 Å². The van der Waals surface area contributed by atoms with Crippen molar-refractivity contribution in [2.75, 3.05) is 51.0 Å². The van der Waals surface area contributed by atoms with Crippen molar-refractivity contribution in [1.82, 2.24) is 9.80 Å². The number of fused-ring (bicyclic) bond motifs is 1. The summed E-state index contributed by atoms with van der Waals surface area (Å²) >= 11 is 0. The molecule has 2 heterocycles. The number of aromatic hydroxyl groups is 1. The second-order valence-corrected chi connectivity index (χ2v) is 7.35. The molecule has 154 valence electrons. The second-order valence-electron chi connectivity index (χ2n) is 7.35. The third-order valence-corrected chi connectivity index (χ3v) is 5.50. The Morgan fingerprint density at radius 3 is 2.59 bits per heavy atom. The molecule has 2 aliphatic rings. The zero-order valence-electron chi connectivity index (χ0n) is 16.7. The first-order chi connectivity index (χ1) is 14.1. The van der Waals surface area contributed by atoms with Crippen LogP contribution in [0.4, 0.5) is 5.69 Å². The number of ether oxygens (including phenoxy) is 2. The molecule has 1 saturated heterocycles. The van der Waals surface area contributed by atoms with Gasteiger partial charge in [-0.2, -0.15) is 0 Å². The van der Waals surface area contributed by atoms with Gasteiger partial charge < -0.3 is 24.4 Å². The van der Waals surface area contributed by atoms with Gasteiger partial charge in [-0.05, 0) is 36.8 Å². The van der Waals surface area contributed by atoms with Gasteiger partial charge in [0.05, 0.1) is 12.2 Å². The van der Waals surface area contributed by atoms with E-state index in [9.17, 15) is 9.90 Å². The van der Waals surface area contributed by atoms with Gasteiger partial charge in [0.1, 0.15) is 5.75 Å². The van der Waals surface area contributed by atoms with Crippen LogP contribution < -0.4 is 14.4 Å². The summed E-state index contributed by atoms with van der Waals surface area (Å²) in [5.41, 5.74) is 1.89. The van der Waals surface area contributed by atoms with Gasteiger partial charge in [-0.25, -0.2) is 0 Å². The van der Waals surface area contributed by atoms with E-state index in [4.69, 9.17) is 9.47 Å². The minimum atomic E-state index is 0.126. The predicted molar refractivity (Wildman–Crippen MR) is 110 cm³/mol. The van der Waals surface area contributed by atoms with Crippen molar-refractivity contribution in [2.24, 2.45) is 0 Å². The van der Waals surface area contributed by atoms with E-state index in [1.165, 1.54) is 0 Å². The zero-order valence-corrected chi connectivity index (χ0v) is 16.7. The summed E-state index contributed by atoms with van der Waals surface area (Å²) < 4.78 is 10.8. The van der Waals surface area contributed by atoms with Crippen LogP contribution in [-0.4, -0.2) is 66.9 Å². The third kappa shape index (κ3) is 4.40. The first kappa shape index (κ1) is 19.4. The largest absolute Gasteiger partial charge is 0.506 e. The van der Waals surface area contributed by atoms with Gasteiger partial charge in [0.15, 0.2) is 11.5 Å². The van der Waals surface area contributed by atoms with Crippen LogP contribution >= 0.6 is 0 Å². The highest BCUT2D eigenvalue weighted by Crippen LogP contribution is 2.33. The number of piperazine rings is 1. The summed E-state index contributed by atoms with van der Waals surface area (Å²) in [4.78, 5) is 19.1. The molecule has 0 bridgehead atoms. The number of carbonyl (C=O) groups excluding carboxylic acids is 1. The molecule has 7 heteroatoms. The Kier molecular flexibility index (Phi) is 5.76. The lowest BCUT2D eigenvalue weighted by Crippen LogP contribution is -2.50. The lowest BCUT2D eigenvalue weighted by molar-refractivity contribution is -0.132. The van der Waals surface area contributed by atoms with E-state index in [0.717, 1.165) is 48.9 Å². The Morgan fingerprint density at radius 1 is 1.07 bits per heavy atom. The van der Waals surface area contributed by atoms with Crippen molar-refractivity contribution in [3.8, 4) is 17.2 Å². The quantitative estimate of drug-likeness (QED) is 0.807. The monoisotopic (exact) mass is 397 g/mol. The number of hydrogen-bond donors (Lipinski definition) is 1. The molecule has 2 aliphatic heterocycles. The molecule has 0 unspecified atom stereocenters. The molecule has 2 aromatic carbocycles. The molecule has 1 N–H and O–H groups in total. The summed E-state index contributed by atoms with van der Waals surface area (Å²) in [6, 6.07) is 13.2. The molecular weight excluding hydrogens is 370 g/mol. The second kappa shape index (κ2) is 8.61. The molecule has 1 amide bonds. The molecule has 0 radical (unpaired) electrons. The molecular formula is C22H27N3O4. The Morgan fingerprint density at radius 2 is 1.83 bits per heavy atom. The van der Waals surface area contributed by atoms with Crippen LogP contribution in [0.25, 0.3) is 0 Å². The van der Waals surface area contributed by atoms with Gasteiger partial charge >= 0.3 is 0 Å². The average Bonchev–Trinajstić information content (AvgIpc) is 3.21. The van der Waals surface area contributed by atoms with Gasteiger partial charge in [0, 0.05) is 39.3 Å². The number of phenols is 1. The normalized spacial score (nSPS) is 16.1. The van der Waals surface area contributed by atoms with Crippen LogP contribution in [0.15, 0.2) is 42.5 Å². The number of phenolic OH excluding ortho intramolecular Hbond substituents is 1. The molecule has 1 fully saturated rings. The fourth-order valence-electron chi connectivity index (χ4n) is 3.81. The van der Waals surface area contributed by atoms with E-state index in [1.807, 2.05) is 48.2 Å². The number of rotatable bonds is 6. The molecule has 0 atom stereocenters. The summed E-state index contributed by atoms with van der Waals surface area (Å²) in [7, 11) is 0. The van der Waals surface area contributed by atoms with E-state index in [1.54, 1.807) is 6.07 Å². The van der Waals surface area contributed by atoms with Crippen LogP contribution in [0.2, 0.25) is 0 Å². The molecule has 0 saturated carbocycles. The number of likely N-dealkylation sites (N-methyl/N-ethyl adjacent to an activating group) is 1. The molecule has 0 aliphatic carbocycles. The predicted octanol–water partition coefficient (Wildman–Crippen LogP) is 2.29. The SMILES string of the molecule is CCN(Cc1ccc2c(c1)OCO2)C(=O)CN1CCN(c2ccccc2O)CC1. The minimum absolute atomic E-state index is 0.126. The van der Waals surface area contributed by atoms with Crippen molar-refractivity contribution in [2.45, 2.75) is 13.5 Å². The topological polar surface area (TPSA) is 65.5 Å². The van der Waals surface area contributed by atoms with Crippen molar-refractivity contribution >= 4 is 11.6 Å². The van der Waals surface area contributed by atoms with Crippen LogP contribution in [0, 0.1) is 0 Å². The highest BCUT2D eigenvalue weighted by atomic mass is 16.7. The Hall–Kier alpha value is -2.93. The standard InChI is InChI=1S/C22H27N3O4/c1-2-24(14-17-7-8-20-21(13-17)29-16-28-20)22(27)15-23-9-11-25(12-10-23)18-5-3-4-6-19(18)26/h3-8,13,26H,2,9-12,14-16H2,1H3. The van der Waals surface area contributed by atoms with Crippen LogP contribution in [0.3, 0.4) is 0 Å². The minimum Gasteiger partial charge on any atom is -0.506 e. The number of para-hydroxylation sites is 2. The van der Waals surface area contributed by atoms with Gasteiger partial charge in [0.2, 0.25) is 12.7 Å². The van der Waals surface area contributed by atoms with E-state index in [-0.39, 0.29) is 12.7 Å². The van der Waals surface area contributed by atoms with Crippen molar-refractivity contribution in [1.29, 1.82) is 0 Å². The number of hydrogen-bond acceptors (Lipinski definition) is 6. The maximum absolute atomic E-state index is 12.9. The van der Waals surface area contributed by atoms with Crippen molar-refractivity contribution in [3.63, 3.8) is 0 Å². The average molecular weight is 397 g/mol. The van der Waals surface area contributed by atoms with E-state index < -0.39 is 0 Å². The van der Waals surface area contributed by atoms with Crippen molar-refractivity contribution < 1.29 is 19.4 Å².